The third-order valence-electron chi connectivity index (χ3n) is 6.16. The highest BCUT2D eigenvalue weighted by Crippen LogP contribution is 2.35. The van der Waals surface area contributed by atoms with Crippen molar-refractivity contribution >= 4 is 33.7 Å². The third-order valence-corrected chi connectivity index (χ3v) is 6.16. The van der Waals surface area contributed by atoms with Crippen molar-refractivity contribution in [2.45, 2.75) is 19.8 Å². The Hall–Kier alpha value is -4.11. The molecule has 5 aromatic rings. The molecule has 0 atom stereocenters. The number of aromatic nitrogens is 1. The van der Waals surface area contributed by atoms with Crippen LogP contribution in [0, 0.1) is 0 Å². The fraction of sp³-hybridized carbons (Fsp3) is 0.129. The quantitative estimate of drug-likeness (QED) is 0.140. The lowest BCUT2D eigenvalue weighted by Gasteiger charge is -2.11. The maximum Gasteiger partial charge on any atom is 0.143 e. The standard InChI is InChI=1S/C31H27NO2/c1-2-3-21-34-26-16-13-23(14-17-26)27(19-20-33)24-15-18-31-29(22-24)28-11-7-8-12-30(28)32(31)25-9-5-4-6-10-25/h4-20,22H,2-3,21H2,1H3. The summed E-state index contributed by atoms with van der Waals surface area (Å²) in [7, 11) is 0. The van der Waals surface area contributed by atoms with Gasteiger partial charge in [0.2, 0.25) is 0 Å². The summed E-state index contributed by atoms with van der Waals surface area (Å²) in [6, 6.07) is 33.3. The number of benzene rings is 4. The number of allylic oxidation sites excluding steroid dienone is 1. The number of aldehydes is 1. The van der Waals surface area contributed by atoms with Crippen molar-refractivity contribution in [1.82, 2.24) is 4.57 Å². The van der Waals surface area contributed by atoms with Gasteiger partial charge in [0, 0.05) is 16.5 Å². The van der Waals surface area contributed by atoms with Gasteiger partial charge < -0.3 is 9.30 Å². The molecule has 0 radical (unpaired) electrons. The van der Waals surface area contributed by atoms with Gasteiger partial charge in [-0.1, -0.05) is 67.9 Å². The first kappa shape index (κ1) is 21.7. The van der Waals surface area contributed by atoms with Gasteiger partial charge in [-0.05, 0) is 71.7 Å². The highest BCUT2D eigenvalue weighted by Gasteiger charge is 2.14. The molecule has 1 heterocycles. The minimum Gasteiger partial charge on any atom is -0.494 e. The summed E-state index contributed by atoms with van der Waals surface area (Å²) in [4.78, 5) is 11.6. The van der Waals surface area contributed by atoms with E-state index in [1.54, 1.807) is 6.08 Å². The molecule has 0 aliphatic carbocycles. The van der Waals surface area contributed by atoms with Crippen LogP contribution in [-0.4, -0.2) is 17.5 Å². The summed E-state index contributed by atoms with van der Waals surface area (Å²) in [6.07, 6.45) is 4.64. The lowest BCUT2D eigenvalue weighted by molar-refractivity contribution is -0.104. The van der Waals surface area contributed by atoms with Crippen molar-refractivity contribution < 1.29 is 9.53 Å². The molecular weight excluding hydrogens is 418 g/mol. The van der Waals surface area contributed by atoms with Gasteiger partial charge >= 0.3 is 0 Å². The zero-order chi connectivity index (χ0) is 23.3. The molecule has 0 aliphatic heterocycles. The Morgan fingerprint density at radius 3 is 2.26 bits per heavy atom. The van der Waals surface area contributed by atoms with Crippen molar-refractivity contribution in [1.29, 1.82) is 0 Å². The van der Waals surface area contributed by atoms with Crippen molar-refractivity contribution in [2.75, 3.05) is 6.61 Å². The average Bonchev–Trinajstić information content (AvgIpc) is 3.22. The first-order valence-corrected chi connectivity index (χ1v) is 11.8. The van der Waals surface area contributed by atoms with Gasteiger partial charge in [0.25, 0.3) is 0 Å². The molecule has 168 valence electrons. The van der Waals surface area contributed by atoms with E-state index in [0.29, 0.717) is 0 Å². The number of hydrogen-bond donors (Lipinski definition) is 0. The number of fused-ring (bicyclic) bond motifs is 3. The lowest BCUT2D eigenvalue weighted by atomic mass is 9.96. The molecule has 5 rings (SSSR count). The summed E-state index contributed by atoms with van der Waals surface area (Å²) in [5, 5.41) is 2.35. The van der Waals surface area contributed by atoms with E-state index in [0.717, 1.165) is 70.3 Å². The summed E-state index contributed by atoms with van der Waals surface area (Å²) >= 11 is 0. The van der Waals surface area contributed by atoms with Crippen LogP contribution >= 0.6 is 0 Å². The molecular formula is C31H27NO2. The van der Waals surface area contributed by atoms with Crippen LogP contribution in [0.3, 0.4) is 0 Å². The molecule has 3 nitrogen and oxygen atoms in total. The summed E-state index contributed by atoms with van der Waals surface area (Å²) in [6.45, 7) is 2.87. The Kier molecular flexibility index (Phi) is 6.26. The maximum atomic E-state index is 11.6. The zero-order valence-electron chi connectivity index (χ0n) is 19.3. The van der Waals surface area contributed by atoms with E-state index in [1.165, 1.54) is 5.39 Å². The van der Waals surface area contributed by atoms with Gasteiger partial charge in [-0.25, -0.2) is 0 Å². The Bertz CT molecular complexity index is 1460. The molecule has 0 N–H and O–H groups in total. The van der Waals surface area contributed by atoms with E-state index < -0.39 is 0 Å². The van der Waals surface area contributed by atoms with Crippen LogP contribution in [0.15, 0.2) is 103 Å². The molecule has 0 saturated heterocycles. The van der Waals surface area contributed by atoms with Crippen molar-refractivity contribution in [3.63, 3.8) is 0 Å². The summed E-state index contributed by atoms with van der Waals surface area (Å²) in [5.74, 6) is 0.851. The van der Waals surface area contributed by atoms with E-state index in [-0.39, 0.29) is 0 Å². The minimum absolute atomic E-state index is 0.717. The van der Waals surface area contributed by atoms with Crippen LogP contribution in [0.2, 0.25) is 0 Å². The zero-order valence-corrected chi connectivity index (χ0v) is 19.3. The Morgan fingerprint density at radius 2 is 1.50 bits per heavy atom. The number of carbonyl (C=O) groups excluding carboxylic acids is 1. The highest BCUT2D eigenvalue weighted by atomic mass is 16.5. The van der Waals surface area contributed by atoms with Crippen LogP contribution in [0.4, 0.5) is 0 Å². The molecule has 0 bridgehead atoms. The fourth-order valence-corrected chi connectivity index (χ4v) is 4.49. The Labute approximate surface area is 199 Å². The number of rotatable bonds is 8. The second kappa shape index (κ2) is 9.80. The number of unbranched alkanes of at least 4 members (excludes halogenated alkanes) is 1. The first-order valence-electron chi connectivity index (χ1n) is 11.8. The predicted octanol–water partition coefficient (Wildman–Crippen LogP) is 7.59. The molecule has 0 aliphatic rings. The second-order valence-electron chi connectivity index (χ2n) is 8.36. The number of carbonyl (C=O) groups is 1. The normalized spacial score (nSPS) is 11.7. The number of para-hydroxylation sites is 2. The molecule has 0 unspecified atom stereocenters. The Morgan fingerprint density at radius 1 is 0.794 bits per heavy atom. The van der Waals surface area contributed by atoms with Crippen LogP contribution in [0.25, 0.3) is 33.1 Å². The van der Waals surface area contributed by atoms with Gasteiger partial charge in [-0.2, -0.15) is 0 Å². The summed E-state index contributed by atoms with van der Waals surface area (Å²) < 4.78 is 8.10. The highest BCUT2D eigenvalue weighted by molar-refractivity contribution is 6.10. The lowest BCUT2D eigenvalue weighted by Crippen LogP contribution is -1.97. The van der Waals surface area contributed by atoms with Crippen LogP contribution in [0.1, 0.15) is 30.9 Å². The van der Waals surface area contributed by atoms with Gasteiger partial charge in [-0.15, -0.1) is 0 Å². The smallest absolute Gasteiger partial charge is 0.143 e. The van der Waals surface area contributed by atoms with Crippen molar-refractivity contribution in [3.05, 3.63) is 114 Å². The van der Waals surface area contributed by atoms with Crippen LogP contribution in [-0.2, 0) is 4.79 Å². The summed E-state index contributed by atoms with van der Waals surface area (Å²) in [5.41, 5.74) is 6.32. The predicted molar refractivity (Wildman–Crippen MR) is 141 cm³/mol. The van der Waals surface area contributed by atoms with E-state index in [4.69, 9.17) is 4.74 Å². The average molecular weight is 446 g/mol. The molecule has 0 saturated carbocycles. The van der Waals surface area contributed by atoms with Crippen molar-refractivity contribution in [3.8, 4) is 11.4 Å². The van der Waals surface area contributed by atoms with E-state index in [2.05, 4.69) is 78.2 Å². The van der Waals surface area contributed by atoms with Gasteiger partial charge in [0.1, 0.15) is 12.0 Å². The second-order valence-corrected chi connectivity index (χ2v) is 8.36. The number of ether oxygens (including phenoxy) is 1. The van der Waals surface area contributed by atoms with Crippen LogP contribution in [0.5, 0.6) is 5.75 Å². The molecule has 0 fully saturated rings. The van der Waals surface area contributed by atoms with Gasteiger partial charge in [-0.3, -0.25) is 4.79 Å². The Balaban J connectivity index is 1.60. The van der Waals surface area contributed by atoms with Gasteiger partial charge in [0.05, 0.1) is 17.6 Å². The molecule has 34 heavy (non-hydrogen) atoms. The van der Waals surface area contributed by atoms with Crippen molar-refractivity contribution in [2.24, 2.45) is 0 Å². The monoisotopic (exact) mass is 445 g/mol. The molecule has 4 aromatic carbocycles. The van der Waals surface area contributed by atoms with E-state index >= 15 is 0 Å². The molecule has 3 heteroatoms. The SMILES string of the molecule is CCCCOc1ccc(C(=CC=O)c2ccc3c(c2)c2ccccc2n3-c2ccccc2)cc1. The number of hydrogen-bond acceptors (Lipinski definition) is 2. The maximum absolute atomic E-state index is 11.6. The minimum atomic E-state index is 0.717. The van der Waals surface area contributed by atoms with E-state index in [1.807, 2.05) is 30.3 Å². The molecule has 0 amide bonds. The molecule has 0 spiro atoms. The van der Waals surface area contributed by atoms with Gasteiger partial charge in [0.15, 0.2) is 0 Å². The van der Waals surface area contributed by atoms with Crippen LogP contribution < -0.4 is 4.74 Å². The third kappa shape index (κ3) is 4.13. The molecule has 1 aromatic heterocycles. The number of nitrogens with zero attached hydrogens (tertiary/aromatic N) is 1. The van der Waals surface area contributed by atoms with E-state index in [9.17, 15) is 4.79 Å². The fourth-order valence-electron chi connectivity index (χ4n) is 4.49. The first-order chi connectivity index (χ1) is 16.8. The largest absolute Gasteiger partial charge is 0.494 e. The topological polar surface area (TPSA) is 31.2 Å².